The monoisotopic (exact) mass is 886 g/mol. The average molecular weight is 886 g/mol. The first-order chi connectivity index (χ1) is 31.0. The van der Waals surface area contributed by atoms with Crippen molar-refractivity contribution < 1.29 is 24.5 Å². The molecule has 0 saturated carbocycles. The highest BCUT2D eigenvalue weighted by molar-refractivity contribution is 5.76. The summed E-state index contributed by atoms with van der Waals surface area (Å²) in [7, 11) is 0. The fourth-order valence-electron chi connectivity index (χ4n) is 8.38. The minimum absolute atomic E-state index is 0.00951. The van der Waals surface area contributed by atoms with Gasteiger partial charge in [-0.25, -0.2) is 0 Å². The minimum atomic E-state index is -0.669. The zero-order valence-corrected chi connectivity index (χ0v) is 42.1. The fourth-order valence-corrected chi connectivity index (χ4v) is 8.38. The Hall–Kier alpha value is -1.92. The van der Waals surface area contributed by atoms with Crippen molar-refractivity contribution in [3.8, 4) is 0 Å². The second-order valence-electron chi connectivity index (χ2n) is 18.9. The highest BCUT2D eigenvalue weighted by Gasteiger charge is 2.20. The van der Waals surface area contributed by atoms with Crippen molar-refractivity contribution in [2.24, 2.45) is 0 Å². The number of allylic oxidation sites excluding steroid dienone is 6. The van der Waals surface area contributed by atoms with Gasteiger partial charge in [-0.1, -0.05) is 237 Å². The van der Waals surface area contributed by atoms with Crippen LogP contribution in [0.25, 0.3) is 0 Å². The van der Waals surface area contributed by atoms with E-state index in [0.717, 1.165) is 51.4 Å². The first kappa shape index (κ1) is 61.1. The number of hydrogen-bond donors (Lipinski definition) is 3. The van der Waals surface area contributed by atoms with Gasteiger partial charge in [0.2, 0.25) is 5.91 Å². The Kier molecular flexibility index (Phi) is 51.1. The molecule has 0 rings (SSSR count). The zero-order valence-electron chi connectivity index (χ0n) is 42.1. The molecule has 0 aliphatic rings. The Morgan fingerprint density at radius 3 is 1.29 bits per heavy atom. The molecule has 0 spiro atoms. The summed E-state index contributed by atoms with van der Waals surface area (Å²) in [6.07, 6.45) is 64.1. The highest BCUT2D eigenvalue weighted by atomic mass is 16.5. The summed E-state index contributed by atoms with van der Waals surface area (Å²) >= 11 is 0. The van der Waals surface area contributed by atoms with E-state index in [1.807, 2.05) is 0 Å². The number of nitrogens with one attached hydrogen (secondary N) is 1. The van der Waals surface area contributed by atoms with Gasteiger partial charge in [0.1, 0.15) is 0 Å². The summed E-state index contributed by atoms with van der Waals surface area (Å²) in [6, 6.07) is -0.547. The van der Waals surface area contributed by atoms with Crippen LogP contribution in [0, 0.1) is 0 Å². The molecule has 6 heteroatoms. The van der Waals surface area contributed by atoms with E-state index in [9.17, 15) is 19.8 Å². The largest absolute Gasteiger partial charge is 0.466 e. The molecule has 0 aromatic rings. The lowest BCUT2D eigenvalue weighted by Gasteiger charge is -2.22. The number of carbonyl (C=O) groups is 2. The number of amides is 1. The third-order valence-electron chi connectivity index (χ3n) is 12.6. The van der Waals surface area contributed by atoms with E-state index < -0.39 is 12.1 Å². The first-order valence-corrected chi connectivity index (χ1v) is 27.7. The molecule has 0 aliphatic heterocycles. The maximum absolute atomic E-state index is 12.4. The van der Waals surface area contributed by atoms with Crippen molar-refractivity contribution in [1.29, 1.82) is 0 Å². The summed E-state index contributed by atoms with van der Waals surface area (Å²) < 4.78 is 5.46. The van der Waals surface area contributed by atoms with Gasteiger partial charge in [0.25, 0.3) is 0 Å². The molecule has 0 heterocycles. The lowest BCUT2D eigenvalue weighted by Crippen LogP contribution is -2.45. The van der Waals surface area contributed by atoms with Crippen LogP contribution in [-0.2, 0) is 14.3 Å². The van der Waals surface area contributed by atoms with Crippen molar-refractivity contribution >= 4 is 11.9 Å². The summed E-state index contributed by atoms with van der Waals surface area (Å²) in [5.74, 6) is -0.0537. The molecule has 2 unspecified atom stereocenters. The number of unbranched alkanes of at least 4 members (excludes halogenated alkanes) is 34. The number of aliphatic hydroxyl groups is 2. The van der Waals surface area contributed by atoms with E-state index in [2.05, 4.69) is 55.6 Å². The van der Waals surface area contributed by atoms with Crippen molar-refractivity contribution in [2.75, 3.05) is 13.2 Å². The molecular formula is C57H107NO5. The smallest absolute Gasteiger partial charge is 0.305 e. The number of ether oxygens (including phenoxy) is 1. The van der Waals surface area contributed by atoms with Gasteiger partial charge < -0.3 is 20.3 Å². The Morgan fingerprint density at radius 1 is 0.444 bits per heavy atom. The van der Waals surface area contributed by atoms with Crippen LogP contribution < -0.4 is 5.32 Å². The molecule has 6 nitrogen and oxygen atoms in total. The maximum atomic E-state index is 12.4. The molecule has 0 aromatic carbocycles. The minimum Gasteiger partial charge on any atom is -0.466 e. The van der Waals surface area contributed by atoms with Crippen molar-refractivity contribution in [2.45, 2.75) is 302 Å². The molecule has 0 fully saturated rings. The number of aliphatic hydroxyl groups excluding tert-OH is 2. The Bertz CT molecular complexity index is 1020. The van der Waals surface area contributed by atoms with Crippen molar-refractivity contribution in [1.82, 2.24) is 5.32 Å². The molecule has 370 valence electrons. The Balaban J connectivity index is 3.44. The summed E-state index contributed by atoms with van der Waals surface area (Å²) in [5, 5.41) is 23.2. The van der Waals surface area contributed by atoms with Gasteiger partial charge in [0.05, 0.1) is 25.4 Å². The highest BCUT2D eigenvalue weighted by Crippen LogP contribution is 2.16. The third-order valence-corrected chi connectivity index (χ3v) is 12.6. The molecule has 0 aromatic heterocycles. The van der Waals surface area contributed by atoms with Crippen LogP contribution in [0.3, 0.4) is 0 Å². The molecule has 0 bridgehead atoms. The second-order valence-corrected chi connectivity index (χ2v) is 18.9. The molecule has 0 radical (unpaired) electrons. The lowest BCUT2D eigenvalue weighted by atomic mass is 10.0. The SMILES string of the molecule is CCC/C=C\C/C=C\CCCCCCCC(=O)OCCCCCCCCCCC/C=C\CCCCCCCCCC(=O)NC(CO)C(O)CCCCCCCCCCCCCCC. The molecule has 2 atom stereocenters. The van der Waals surface area contributed by atoms with Crippen molar-refractivity contribution in [3.05, 3.63) is 36.5 Å². The summed E-state index contributed by atoms with van der Waals surface area (Å²) in [4.78, 5) is 24.4. The van der Waals surface area contributed by atoms with E-state index in [1.165, 1.54) is 205 Å². The van der Waals surface area contributed by atoms with Crippen LogP contribution in [0.2, 0.25) is 0 Å². The van der Waals surface area contributed by atoms with Crippen LogP contribution in [-0.4, -0.2) is 47.4 Å². The lowest BCUT2D eigenvalue weighted by molar-refractivity contribution is -0.143. The van der Waals surface area contributed by atoms with E-state index >= 15 is 0 Å². The third kappa shape index (κ3) is 49.4. The summed E-state index contributed by atoms with van der Waals surface area (Å²) in [6.45, 7) is 4.87. The predicted molar refractivity (Wildman–Crippen MR) is 273 cm³/mol. The maximum Gasteiger partial charge on any atom is 0.305 e. The molecule has 1 amide bonds. The topological polar surface area (TPSA) is 95.9 Å². The van der Waals surface area contributed by atoms with E-state index in [1.54, 1.807) is 0 Å². The fraction of sp³-hybridized carbons (Fsp3) is 0.860. The average Bonchev–Trinajstić information content (AvgIpc) is 3.28. The quantitative estimate of drug-likeness (QED) is 0.0321. The standard InChI is InChI=1S/C57H107NO5/c1-3-5-7-9-11-13-15-25-29-33-37-41-45-49-55(60)54(53-59)58-56(61)50-46-42-38-34-30-27-23-21-19-17-18-20-22-24-28-32-36-40-44-48-52-63-57(62)51-47-43-39-35-31-26-16-14-12-10-8-6-4-2/h8,10,14,16-17,19,54-55,59-60H,3-7,9,11-13,15,18,20-53H2,1-2H3,(H,58,61)/b10-8-,16-14-,19-17-. The van der Waals surface area contributed by atoms with E-state index in [0.29, 0.717) is 25.9 Å². The number of rotatable bonds is 51. The normalized spacial score (nSPS) is 12.9. The molecular weight excluding hydrogens is 779 g/mol. The van der Waals surface area contributed by atoms with Crippen LogP contribution in [0.5, 0.6) is 0 Å². The van der Waals surface area contributed by atoms with Crippen LogP contribution in [0.15, 0.2) is 36.5 Å². The predicted octanol–water partition coefficient (Wildman–Crippen LogP) is 16.9. The summed E-state index contributed by atoms with van der Waals surface area (Å²) in [5.41, 5.74) is 0. The van der Waals surface area contributed by atoms with Crippen molar-refractivity contribution in [3.63, 3.8) is 0 Å². The van der Waals surface area contributed by atoms with Crippen LogP contribution >= 0.6 is 0 Å². The zero-order chi connectivity index (χ0) is 45.8. The number of hydrogen-bond acceptors (Lipinski definition) is 5. The van der Waals surface area contributed by atoms with Crippen LogP contribution in [0.1, 0.15) is 290 Å². The van der Waals surface area contributed by atoms with Crippen LogP contribution in [0.4, 0.5) is 0 Å². The van der Waals surface area contributed by atoms with Gasteiger partial charge in [-0.2, -0.15) is 0 Å². The molecule has 0 saturated heterocycles. The van der Waals surface area contributed by atoms with E-state index in [4.69, 9.17) is 4.74 Å². The molecule has 63 heavy (non-hydrogen) atoms. The Morgan fingerprint density at radius 2 is 0.825 bits per heavy atom. The number of esters is 1. The van der Waals surface area contributed by atoms with Gasteiger partial charge in [-0.05, 0) is 77.0 Å². The molecule has 0 aliphatic carbocycles. The Labute approximate surface area is 392 Å². The first-order valence-electron chi connectivity index (χ1n) is 27.7. The van der Waals surface area contributed by atoms with Gasteiger partial charge in [-0.15, -0.1) is 0 Å². The van der Waals surface area contributed by atoms with Gasteiger partial charge in [-0.3, -0.25) is 9.59 Å². The van der Waals surface area contributed by atoms with Gasteiger partial charge in [0.15, 0.2) is 0 Å². The second kappa shape index (κ2) is 52.7. The molecule has 3 N–H and O–H groups in total. The van der Waals surface area contributed by atoms with E-state index in [-0.39, 0.29) is 18.5 Å². The number of carbonyl (C=O) groups excluding carboxylic acids is 2. The van der Waals surface area contributed by atoms with Gasteiger partial charge >= 0.3 is 5.97 Å². The van der Waals surface area contributed by atoms with Gasteiger partial charge in [0, 0.05) is 12.8 Å².